The summed E-state index contributed by atoms with van der Waals surface area (Å²) in [5, 5.41) is 6.60. The van der Waals surface area contributed by atoms with Crippen molar-refractivity contribution in [1.29, 1.82) is 0 Å². The number of alkyl carbamates (subject to hydrolysis) is 1. The average Bonchev–Trinajstić information content (AvgIpc) is 3.02. The van der Waals surface area contributed by atoms with Crippen LogP contribution in [0.1, 0.15) is 88.1 Å². The molecule has 1 aliphatic rings. The Hall–Kier alpha value is -4.00. The first-order chi connectivity index (χ1) is 22.3. The summed E-state index contributed by atoms with van der Waals surface area (Å²) in [6.07, 6.45) is 5.40. The van der Waals surface area contributed by atoms with E-state index < -0.39 is 36.2 Å². The number of unbranched alkanes of at least 4 members (excludes halogenated alkanes) is 1. The van der Waals surface area contributed by atoms with Crippen LogP contribution in [0.4, 0.5) is 23.8 Å². The van der Waals surface area contributed by atoms with Crippen molar-refractivity contribution in [3.8, 4) is 0 Å². The average molecular weight is 658 g/mol. The predicted molar refractivity (Wildman–Crippen MR) is 175 cm³/mol. The van der Waals surface area contributed by atoms with E-state index in [1.54, 1.807) is 12.1 Å². The number of aromatic nitrogens is 3. The zero-order valence-corrected chi connectivity index (χ0v) is 27.9. The molecular formula is C34H46F3N7O3. The molecule has 13 heteroatoms. The van der Waals surface area contributed by atoms with Gasteiger partial charge in [-0.1, -0.05) is 19.4 Å². The molecule has 0 aliphatic carbocycles. The standard InChI is InChI=1S/C34H46F3N7O3/c1-6-7-16-43(19-15-35)28(23-20-39-31(40-21-23)34(5,36)37)22-38-30(45)26-9-8-10-27-25(26)11-12-29(42-27)44-17-13-24(14-18-44)41-32(46)47-33(2,3)4/h8-12,20-21,24,28H,6-7,13-19,22H2,1-5H3,(H,38,45)(H,41,46). The molecule has 1 saturated heterocycles. The number of hydrogen-bond acceptors (Lipinski definition) is 8. The molecule has 3 heterocycles. The number of amides is 2. The van der Waals surface area contributed by atoms with Crippen LogP contribution >= 0.6 is 0 Å². The molecule has 1 aromatic carbocycles. The highest BCUT2D eigenvalue weighted by Gasteiger charge is 2.30. The number of rotatable bonds is 13. The Bertz CT molecular complexity index is 1490. The minimum Gasteiger partial charge on any atom is -0.444 e. The van der Waals surface area contributed by atoms with Crippen LogP contribution in [0, 0.1) is 0 Å². The molecule has 2 aromatic heterocycles. The van der Waals surface area contributed by atoms with Crippen LogP contribution in [0.25, 0.3) is 10.9 Å². The molecule has 0 spiro atoms. The lowest BCUT2D eigenvalue weighted by atomic mass is 10.0. The van der Waals surface area contributed by atoms with E-state index in [1.807, 2.05) is 50.8 Å². The number of nitrogens with zero attached hydrogens (tertiary/aromatic N) is 5. The van der Waals surface area contributed by atoms with Gasteiger partial charge >= 0.3 is 12.0 Å². The van der Waals surface area contributed by atoms with Crippen LogP contribution in [0.15, 0.2) is 42.7 Å². The van der Waals surface area contributed by atoms with E-state index in [2.05, 4.69) is 25.5 Å². The topological polar surface area (TPSA) is 113 Å². The summed E-state index contributed by atoms with van der Waals surface area (Å²) in [5.74, 6) is -3.35. The number of carbonyl (C=O) groups is 2. The van der Waals surface area contributed by atoms with Crippen molar-refractivity contribution < 1.29 is 27.5 Å². The fourth-order valence-electron chi connectivity index (χ4n) is 5.62. The minimum absolute atomic E-state index is 0.0144. The van der Waals surface area contributed by atoms with E-state index >= 15 is 0 Å². The molecule has 1 aliphatic heterocycles. The summed E-state index contributed by atoms with van der Waals surface area (Å²) >= 11 is 0. The van der Waals surface area contributed by atoms with Gasteiger partial charge in [-0.2, -0.15) is 8.78 Å². The Morgan fingerprint density at radius 3 is 2.38 bits per heavy atom. The number of alkyl halides is 3. The van der Waals surface area contributed by atoms with Gasteiger partial charge in [0.2, 0.25) is 0 Å². The molecule has 0 saturated carbocycles. The number of fused-ring (bicyclic) bond motifs is 1. The van der Waals surface area contributed by atoms with Crippen molar-refractivity contribution in [3.05, 3.63) is 59.7 Å². The van der Waals surface area contributed by atoms with Gasteiger partial charge in [-0.05, 0) is 70.8 Å². The Labute approximate surface area is 274 Å². The summed E-state index contributed by atoms with van der Waals surface area (Å²) in [6, 6.07) is 8.61. The largest absolute Gasteiger partial charge is 0.444 e. The lowest BCUT2D eigenvalue weighted by molar-refractivity contribution is 0.00751. The zero-order valence-electron chi connectivity index (χ0n) is 27.9. The summed E-state index contributed by atoms with van der Waals surface area (Å²) in [6.45, 7) is 9.82. The first-order valence-corrected chi connectivity index (χ1v) is 16.2. The number of ether oxygens (including phenoxy) is 1. The highest BCUT2D eigenvalue weighted by molar-refractivity contribution is 6.06. The number of benzene rings is 1. The van der Waals surface area contributed by atoms with Crippen molar-refractivity contribution in [1.82, 2.24) is 30.5 Å². The number of pyridine rings is 1. The number of hydrogen-bond donors (Lipinski definition) is 2. The number of nitrogens with one attached hydrogen (secondary N) is 2. The van der Waals surface area contributed by atoms with Crippen LogP contribution in [-0.2, 0) is 10.7 Å². The normalized spacial score (nSPS) is 15.1. The monoisotopic (exact) mass is 657 g/mol. The molecule has 3 aromatic rings. The molecular weight excluding hydrogens is 611 g/mol. The van der Waals surface area contributed by atoms with Crippen molar-refractivity contribution in [2.24, 2.45) is 0 Å². The van der Waals surface area contributed by atoms with Crippen molar-refractivity contribution in [2.75, 3.05) is 44.3 Å². The SMILES string of the molecule is CCCCN(CCF)C(CNC(=O)c1cccc2nc(N3CCC(NC(=O)OC(C)(C)C)CC3)ccc12)c1cnc(C(C)(F)F)nc1. The third-order valence-corrected chi connectivity index (χ3v) is 8.02. The highest BCUT2D eigenvalue weighted by Crippen LogP contribution is 2.27. The van der Waals surface area contributed by atoms with Crippen LogP contribution in [0.5, 0.6) is 0 Å². The molecule has 10 nitrogen and oxygen atoms in total. The number of halogens is 3. The summed E-state index contributed by atoms with van der Waals surface area (Å²) in [5.41, 5.74) is 1.05. The fourth-order valence-corrected chi connectivity index (χ4v) is 5.62. The van der Waals surface area contributed by atoms with Gasteiger partial charge in [0, 0.05) is 68.1 Å². The number of carbonyl (C=O) groups excluding carboxylic acids is 2. The maximum absolute atomic E-state index is 13.8. The first kappa shape index (κ1) is 35.8. The highest BCUT2D eigenvalue weighted by atomic mass is 19.3. The maximum Gasteiger partial charge on any atom is 0.407 e. The van der Waals surface area contributed by atoms with Gasteiger partial charge in [-0.3, -0.25) is 9.69 Å². The van der Waals surface area contributed by atoms with Gasteiger partial charge in [-0.25, -0.2) is 24.1 Å². The Morgan fingerprint density at radius 2 is 1.77 bits per heavy atom. The van der Waals surface area contributed by atoms with E-state index in [0.717, 1.165) is 38.4 Å². The number of anilines is 1. The molecule has 47 heavy (non-hydrogen) atoms. The maximum atomic E-state index is 13.8. The molecule has 4 rings (SSSR count). The molecule has 2 amide bonds. The molecule has 256 valence electrons. The van der Waals surface area contributed by atoms with Gasteiger partial charge < -0.3 is 20.3 Å². The Balaban J connectivity index is 1.46. The van der Waals surface area contributed by atoms with E-state index in [9.17, 15) is 22.8 Å². The fraction of sp³-hybridized carbons (Fsp3) is 0.559. The molecule has 1 unspecified atom stereocenters. The summed E-state index contributed by atoms with van der Waals surface area (Å²) in [7, 11) is 0. The van der Waals surface area contributed by atoms with Crippen molar-refractivity contribution >= 4 is 28.7 Å². The van der Waals surface area contributed by atoms with E-state index in [0.29, 0.717) is 41.7 Å². The van der Waals surface area contributed by atoms with Gasteiger partial charge in [-0.15, -0.1) is 0 Å². The molecule has 1 fully saturated rings. The second-order valence-corrected chi connectivity index (χ2v) is 13.0. The Morgan fingerprint density at radius 1 is 1.06 bits per heavy atom. The van der Waals surface area contributed by atoms with Gasteiger partial charge in [0.15, 0.2) is 5.82 Å². The second kappa shape index (κ2) is 15.7. The predicted octanol–water partition coefficient (Wildman–Crippen LogP) is 6.17. The summed E-state index contributed by atoms with van der Waals surface area (Å²) < 4.78 is 46.5. The van der Waals surface area contributed by atoms with Gasteiger partial charge in [0.05, 0.1) is 11.6 Å². The second-order valence-electron chi connectivity index (χ2n) is 13.0. The zero-order chi connectivity index (χ0) is 34.2. The van der Waals surface area contributed by atoms with Crippen molar-refractivity contribution in [2.45, 2.75) is 83.9 Å². The van der Waals surface area contributed by atoms with Gasteiger partial charge in [0.25, 0.3) is 5.91 Å². The molecule has 1 atom stereocenters. The third kappa shape index (κ3) is 9.99. The first-order valence-electron chi connectivity index (χ1n) is 16.2. The number of piperidine rings is 1. The third-order valence-electron chi connectivity index (χ3n) is 8.02. The lowest BCUT2D eigenvalue weighted by Crippen LogP contribution is -2.46. The smallest absolute Gasteiger partial charge is 0.407 e. The van der Waals surface area contributed by atoms with Crippen LogP contribution < -0.4 is 15.5 Å². The quantitative estimate of drug-likeness (QED) is 0.225. The van der Waals surface area contributed by atoms with Crippen molar-refractivity contribution in [3.63, 3.8) is 0 Å². The van der Waals surface area contributed by atoms with Crippen LogP contribution in [0.3, 0.4) is 0 Å². The van der Waals surface area contributed by atoms with Gasteiger partial charge in [0.1, 0.15) is 18.1 Å². The summed E-state index contributed by atoms with van der Waals surface area (Å²) in [4.78, 5) is 42.3. The lowest BCUT2D eigenvalue weighted by Gasteiger charge is -2.33. The minimum atomic E-state index is -3.19. The Kier molecular flexibility index (Phi) is 12.0. The van der Waals surface area contributed by atoms with E-state index in [4.69, 9.17) is 9.72 Å². The molecule has 0 bridgehead atoms. The molecule has 0 radical (unpaired) electrons. The van der Waals surface area contributed by atoms with Crippen LogP contribution in [-0.4, -0.2) is 82.9 Å². The van der Waals surface area contributed by atoms with E-state index in [-0.39, 0.29) is 25.0 Å². The van der Waals surface area contributed by atoms with E-state index in [1.165, 1.54) is 12.4 Å². The molecule has 2 N–H and O–H groups in total. The van der Waals surface area contributed by atoms with Crippen LogP contribution in [0.2, 0.25) is 0 Å².